The van der Waals surface area contributed by atoms with Crippen molar-refractivity contribution in [2.24, 2.45) is 0 Å². The van der Waals surface area contributed by atoms with E-state index in [-0.39, 0.29) is 5.82 Å². The summed E-state index contributed by atoms with van der Waals surface area (Å²) in [4.78, 5) is 0. The van der Waals surface area contributed by atoms with E-state index in [2.05, 4.69) is 5.32 Å². The molecule has 0 saturated carbocycles. The molecule has 0 atom stereocenters. The summed E-state index contributed by atoms with van der Waals surface area (Å²) in [5.41, 5.74) is 3.88. The molecule has 0 bridgehead atoms. The topological polar surface area (TPSA) is 12.0 Å². The van der Waals surface area contributed by atoms with Crippen LogP contribution in [0, 0.1) is 12.7 Å². The highest BCUT2D eigenvalue weighted by Gasteiger charge is 2.09. The molecule has 2 rings (SSSR count). The zero-order valence-corrected chi connectivity index (χ0v) is 10.7. The molecule has 0 fully saturated rings. The molecule has 1 heterocycles. The number of hydrogen-bond acceptors (Lipinski definition) is 1. The van der Waals surface area contributed by atoms with Crippen LogP contribution in [0.5, 0.6) is 0 Å². The molecule has 1 aliphatic rings. The average molecular weight is 252 g/mol. The predicted octanol–water partition coefficient (Wildman–Crippen LogP) is 3.68. The standard InChI is InChI=1S/C14H15ClFN/c1-9-3-4-11(6-13(9)16)7-14-10(2)5-12(15)8-17-14/h3-6,17H,7-8H2,1-2H3. The first-order valence-corrected chi connectivity index (χ1v) is 5.99. The Bertz CT molecular complexity index is 503. The quantitative estimate of drug-likeness (QED) is 0.846. The predicted molar refractivity (Wildman–Crippen MR) is 69.5 cm³/mol. The molecule has 0 saturated heterocycles. The van der Waals surface area contributed by atoms with E-state index in [4.69, 9.17) is 11.6 Å². The van der Waals surface area contributed by atoms with Crippen molar-refractivity contribution in [3.8, 4) is 0 Å². The van der Waals surface area contributed by atoms with Crippen molar-refractivity contribution < 1.29 is 4.39 Å². The zero-order chi connectivity index (χ0) is 12.4. The van der Waals surface area contributed by atoms with Gasteiger partial charge in [-0.15, -0.1) is 0 Å². The van der Waals surface area contributed by atoms with Crippen LogP contribution in [0.3, 0.4) is 0 Å². The second-order valence-electron chi connectivity index (χ2n) is 4.37. The summed E-state index contributed by atoms with van der Waals surface area (Å²) in [5.74, 6) is -0.148. The van der Waals surface area contributed by atoms with Gasteiger partial charge in [-0.05, 0) is 42.7 Å². The van der Waals surface area contributed by atoms with Crippen molar-refractivity contribution in [2.45, 2.75) is 20.3 Å². The molecule has 90 valence electrons. The maximum atomic E-state index is 13.4. The van der Waals surface area contributed by atoms with Crippen molar-refractivity contribution in [2.75, 3.05) is 6.54 Å². The third-order valence-corrected chi connectivity index (χ3v) is 3.18. The highest BCUT2D eigenvalue weighted by atomic mass is 35.5. The summed E-state index contributed by atoms with van der Waals surface area (Å²) in [6.07, 6.45) is 2.67. The molecule has 0 spiro atoms. The molecule has 1 N–H and O–H groups in total. The number of hydrogen-bond donors (Lipinski definition) is 1. The molecule has 0 aliphatic carbocycles. The summed E-state index contributed by atoms with van der Waals surface area (Å²) < 4.78 is 13.4. The Balaban J connectivity index is 2.21. The minimum Gasteiger partial charge on any atom is -0.383 e. The van der Waals surface area contributed by atoms with Crippen LogP contribution < -0.4 is 5.32 Å². The van der Waals surface area contributed by atoms with E-state index in [9.17, 15) is 4.39 Å². The summed E-state index contributed by atoms with van der Waals surface area (Å²) in [5, 5.41) is 4.06. The highest BCUT2D eigenvalue weighted by molar-refractivity contribution is 6.30. The van der Waals surface area contributed by atoms with E-state index in [0.29, 0.717) is 18.5 Å². The van der Waals surface area contributed by atoms with Gasteiger partial charge in [-0.3, -0.25) is 0 Å². The Labute approximate surface area is 106 Å². The van der Waals surface area contributed by atoms with Crippen molar-refractivity contribution in [1.82, 2.24) is 5.32 Å². The van der Waals surface area contributed by atoms with Crippen LogP contribution in [0.1, 0.15) is 18.1 Å². The van der Waals surface area contributed by atoms with Gasteiger partial charge < -0.3 is 5.32 Å². The second-order valence-corrected chi connectivity index (χ2v) is 4.85. The van der Waals surface area contributed by atoms with Gasteiger partial charge in [0.25, 0.3) is 0 Å². The van der Waals surface area contributed by atoms with Crippen molar-refractivity contribution in [3.05, 3.63) is 57.5 Å². The Morgan fingerprint density at radius 3 is 2.76 bits per heavy atom. The zero-order valence-electron chi connectivity index (χ0n) is 9.98. The van der Waals surface area contributed by atoms with E-state index in [1.54, 1.807) is 13.0 Å². The molecule has 3 heteroatoms. The number of rotatable bonds is 2. The summed E-state index contributed by atoms with van der Waals surface area (Å²) in [6.45, 7) is 4.43. The molecule has 1 aliphatic heterocycles. The van der Waals surface area contributed by atoms with Gasteiger partial charge in [-0.25, -0.2) is 4.39 Å². The van der Waals surface area contributed by atoms with Crippen LogP contribution in [0.4, 0.5) is 4.39 Å². The smallest absolute Gasteiger partial charge is 0.126 e. The van der Waals surface area contributed by atoms with Crippen molar-refractivity contribution in [1.29, 1.82) is 0 Å². The van der Waals surface area contributed by atoms with E-state index < -0.39 is 0 Å². The molecule has 1 aromatic rings. The van der Waals surface area contributed by atoms with E-state index in [0.717, 1.165) is 21.9 Å². The second kappa shape index (κ2) is 4.92. The SMILES string of the molecule is CC1=C(Cc2ccc(C)c(F)c2)NCC(Cl)=C1. The maximum absolute atomic E-state index is 13.4. The fraction of sp³-hybridized carbons (Fsp3) is 0.286. The number of nitrogens with one attached hydrogen (secondary N) is 1. The lowest BCUT2D eigenvalue weighted by atomic mass is 10.0. The van der Waals surface area contributed by atoms with Gasteiger partial charge in [0.15, 0.2) is 0 Å². The Morgan fingerprint density at radius 2 is 2.12 bits per heavy atom. The van der Waals surface area contributed by atoms with Crippen LogP contribution in [0.15, 0.2) is 40.6 Å². The Kier molecular flexibility index (Phi) is 3.53. The number of benzene rings is 1. The lowest BCUT2D eigenvalue weighted by Crippen LogP contribution is -2.21. The molecular weight excluding hydrogens is 237 g/mol. The molecule has 0 amide bonds. The molecule has 1 nitrogen and oxygen atoms in total. The lowest BCUT2D eigenvalue weighted by molar-refractivity contribution is 0.616. The number of dihydropyridines is 1. The van der Waals surface area contributed by atoms with Gasteiger partial charge in [-0.1, -0.05) is 23.7 Å². The number of allylic oxidation sites excluding steroid dienone is 3. The molecular formula is C14H15ClFN. The van der Waals surface area contributed by atoms with Gasteiger partial charge >= 0.3 is 0 Å². The van der Waals surface area contributed by atoms with Crippen molar-refractivity contribution in [3.63, 3.8) is 0 Å². The van der Waals surface area contributed by atoms with E-state index in [1.807, 2.05) is 25.1 Å². The van der Waals surface area contributed by atoms with Crippen LogP contribution in [-0.4, -0.2) is 6.54 Å². The van der Waals surface area contributed by atoms with Crippen LogP contribution in [-0.2, 0) is 6.42 Å². The van der Waals surface area contributed by atoms with Crippen LogP contribution in [0.25, 0.3) is 0 Å². The third-order valence-electron chi connectivity index (χ3n) is 2.94. The fourth-order valence-corrected chi connectivity index (χ4v) is 2.09. The third kappa shape index (κ3) is 2.89. The van der Waals surface area contributed by atoms with Gasteiger partial charge in [0.05, 0.1) is 6.54 Å². The van der Waals surface area contributed by atoms with Gasteiger partial charge in [0, 0.05) is 17.2 Å². The van der Waals surface area contributed by atoms with Crippen LogP contribution >= 0.6 is 11.6 Å². The normalized spacial score (nSPS) is 15.6. The molecule has 17 heavy (non-hydrogen) atoms. The molecule has 0 unspecified atom stereocenters. The lowest BCUT2D eigenvalue weighted by Gasteiger charge is -2.18. The molecule has 1 aromatic carbocycles. The van der Waals surface area contributed by atoms with Gasteiger partial charge in [-0.2, -0.15) is 0 Å². The minimum atomic E-state index is -0.148. The Morgan fingerprint density at radius 1 is 1.35 bits per heavy atom. The first-order chi connectivity index (χ1) is 8.06. The van der Waals surface area contributed by atoms with Gasteiger partial charge in [0.1, 0.15) is 5.82 Å². The van der Waals surface area contributed by atoms with Crippen LogP contribution in [0.2, 0.25) is 0 Å². The van der Waals surface area contributed by atoms with E-state index >= 15 is 0 Å². The Hall–Kier alpha value is -1.28. The van der Waals surface area contributed by atoms with E-state index in [1.165, 1.54) is 0 Å². The number of halogens is 2. The summed E-state index contributed by atoms with van der Waals surface area (Å²) in [6, 6.07) is 5.36. The van der Waals surface area contributed by atoms with Crippen molar-refractivity contribution >= 4 is 11.6 Å². The first-order valence-electron chi connectivity index (χ1n) is 5.61. The molecule has 0 radical (unpaired) electrons. The minimum absolute atomic E-state index is 0.148. The summed E-state index contributed by atoms with van der Waals surface area (Å²) >= 11 is 5.93. The molecule has 0 aromatic heterocycles. The summed E-state index contributed by atoms with van der Waals surface area (Å²) in [7, 11) is 0. The largest absolute Gasteiger partial charge is 0.383 e. The monoisotopic (exact) mass is 251 g/mol. The highest BCUT2D eigenvalue weighted by Crippen LogP contribution is 2.19. The van der Waals surface area contributed by atoms with Gasteiger partial charge in [0.2, 0.25) is 0 Å². The fourth-order valence-electron chi connectivity index (χ4n) is 1.86. The first kappa shape index (κ1) is 12.2. The average Bonchev–Trinajstić information content (AvgIpc) is 2.27. The maximum Gasteiger partial charge on any atom is 0.126 e. The number of aryl methyl sites for hydroxylation is 1.